The van der Waals surface area contributed by atoms with Gasteiger partial charge in [0.25, 0.3) is 0 Å². The van der Waals surface area contributed by atoms with E-state index in [2.05, 4.69) is 27.7 Å². The number of carbonyl (C=O) groups is 1. The number of phenolic OH excluding ortho intramolecular Hbond substituents is 1. The molecule has 2 N–H and O–H groups in total. The summed E-state index contributed by atoms with van der Waals surface area (Å²) in [4.78, 5) is 18.3. The van der Waals surface area contributed by atoms with Crippen LogP contribution >= 0.6 is 11.3 Å². The van der Waals surface area contributed by atoms with Gasteiger partial charge >= 0.3 is 0 Å². The standard InChI is InChI=1S/C21H26N2O2.C8H13NS/c1-2-21(25)23(18-9-4-3-5-10-18)19-12-14-22(15-13-19)16-17-8-6-7-11-20(17)24;1-9-6-2-4-8-5-3-7-10-8/h3-11,19,24H,2,12-16H2,1H3;3,5,7,9H,2,4,6H2,1H3. The summed E-state index contributed by atoms with van der Waals surface area (Å²) in [6.45, 7) is 5.66. The first-order valence-corrected chi connectivity index (χ1v) is 13.5. The average Bonchev–Trinajstić information content (AvgIpc) is 3.41. The molecule has 188 valence electrons. The first-order valence-electron chi connectivity index (χ1n) is 12.7. The van der Waals surface area contributed by atoms with Crippen molar-refractivity contribution in [1.82, 2.24) is 10.2 Å². The van der Waals surface area contributed by atoms with Crippen molar-refractivity contribution in [3.05, 3.63) is 82.6 Å². The van der Waals surface area contributed by atoms with Crippen molar-refractivity contribution in [1.29, 1.82) is 0 Å². The van der Waals surface area contributed by atoms with Crippen LogP contribution in [0, 0.1) is 0 Å². The Morgan fingerprint density at radius 2 is 1.77 bits per heavy atom. The number of hydrogen-bond donors (Lipinski definition) is 2. The number of nitrogens with zero attached hydrogens (tertiary/aromatic N) is 2. The number of likely N-dealkylation sites (tertiary alicyclic amines) is 1. The fraction of sp³-hybridized carbons (Fsp3) is 0.414. The third-order valence-electron chi connectivity index (χ3n) is 6.34. The first kappa shape index (κ1) is 26.9. The van der Waals surface area contributed by atoms with Crippen LogP contribution in [0.5, 0.6) is 5.75 Å². The van der Waals surface area contributed by atoms with Crippen molar-refractivity contribution in [3.8, 4) is 5.75 Å². The number of hydrogen-bond acceptors (Lipinski definition) is 5. The SMILES string of the molecule is CCC(=O)N(c1ccccc1)C1CCN(Cc2ccccc2O)CC1.CNCCCc1cccs1. The van der Waals surface area contributed by atoms with Gasteiger partial charge in [-0.2, -0.15) is 0 Å². The summed E-state index contributed by atoms with van der Waals surface area (Å²) in [5.74, 6) is 0.544. The van der Waals surface area contributed by atoms with Crippen LogP contribution in [0.4, 0.5) is 5.69 Å². The Labute approximate surface area is 214 Å². The second-order valence-electron chi connectivity index (χ2n) is 8.88. The second-order valence-corrected chi connectivity index (χ2v) is 9.91. The molecule has 6 heteroatoms. The zero-order valence-corrected chi connectivity index (χ0v) is 21.8. The number of para-hydroxylation sites is 2. The Balaban J connectivity index is 0.000000287. The van der Waals surface area contributed by atoms with E-state index in [1.807, 2.05) is 78.7 Å². The Hall–Kier alpha value is -2.67. The molecule has 0 radical (unpaired) electrons. The van der Waals surface area contributed by atoms with Gasteiger partial charge in [0.1, 0.15) is 5.75 Å². The molecule has 5 nitrogen and oxygen atoms in total. The van der Waals surface area contributed by atoms with Crippen LogP contribution in [0.15, 0.2) is 72.1 Å². The van der Waals surface area contributed by atoms with Gasteiger partial charge in [-0.05, 0) is 68.9 Å². The van der Waals surface area contributed by atoms with Crippen LogP contribution in [0.2, 0.25) is 0 Å². The molecule has 0 aliphatic carbocycles. The van der Waals surface area contributed by atoms with Crippen molar-refractivity contribution in [3.63, 3.8) is 0 Å². The number of rotatable bonds is 9. The summed E-state index contributed by atoms with van der Waals surface area (Å²) >= 11 is 1.85. The lowest BCUT2D eigenvalue weighted by Gasteiger charge is -2.38. The number of amides is 1. The van der Waals surface area contributed by atoms with E-state index in [0.29, 0.717) is 12.2 Å². The summed E-state index contributed by atoms with van der Waals surface area (Å²) in [7, 11) is 1.99. The van der Waals surface area contributed by atoms with E-state index in [9.17, 15) is 9.90 Å². The summed E-state index contributed by atoms with van der Waals surface area (Å²) in [6, 6.07) is 22.0. The van der Waals surface area contributed by atoms with Crippen molar-refractivity contribution < 1.29 is 9.90 Å². The average molecular weight is 494 g/mol. The zero-order chi connectivity index (χ0) is 24.9. The Bertz CT molecular complexity index is 986. The van der Waals surface area contributed by atoms with Gasteiger partial charge < -0.3 is 15.3 Å². The maximum atomic E-state index is 12.5. The molecule has 0 spiro atoms. The molecule has 0 saturated carbocycles. The highest BCUT2D eigenvalue weighted by Gasteiger charge is 2.28. The fourth-order valence-electron chi connectivity index (χ4n) is 4.43. The molecule has 1 aliphatic heterocycles. The highest BCUT2D eigenvalue weighted by Crippen LogP contribution is 2.26. The molecule has 1 fully saturated rings. The van der Waals surface area contributed by atoms with Gasteiger partial charge in [0.05, 0.1) is 0 Å². The number of phenols is 1. The highest BCUT2D eigenvalue weighted by atomic mass is 32.1. The number of benzene rings is 2. The molecule has 3 aromatic rings. The monoisotopic (exact) mass is 493 g/mol. The minimum Gasteiger partial charge on any atom is -0.508 e. The largest absolute Gasteiger partial charge is 0.508 e. The molecular formula is C29H39N3O2S. The normalized spacial score (nSPS) is 14.2. The van der Waals surface area contributed by atoms with Crippen LogP contribution in [-0.2, 0) is 17.8 Å². The van der Waals surface area contributed by atoms with Gasteiger partial charge in [-0.3, -0.25) is 9.69 Å². The molecule has 1 aliphatic rings. The number of carbonyl (C=O) groups excluding carboxylic acids is 1. The maximum absolute atomic E-state index is 12.5. The van der Waals surface area contributed by atoms with Crippen LogP contribution in [0.3, 0.4) is 0 Å². The van der Waals surface area contributed by atoms with E-state index in [1.54, 1.807) is 6.07 Å². The van der Waals surface area contributed by atoms with Crippen molar-refractivity contribution in [2.45, 2.75) is 51.6 Å². The lowest BCUT2D eigenvalue weighted by atomic mass is 10.0. The molecule has 35 heavy (non-hydrogen) atoms. The molecule has 1 aromatic heterocycles. The van der Waals surface area contributed by atoms with Gasteiger partial charge in [0, 0.05) is 48.2 Å². The number of aryl methyl sites for hydroxylation is 1. The molecule has 4 rings (SSSR count). The quantitative estimate of drug-likeness (QED) is 0.376. The van der Waals surface area contributed by atoms with Gasteiger partial charge in [0.15, 0.2) is 0 Å². The summed E-state index contributed by atoms with van der Waals surface area (Å²) in [5, 5.41) is 15.2. The molecule has 2 aromatic carbocycles. The summed E-state index contributed by atoms with van der Waals surface area (Å²) in [5.41, 5.74) is 1.96. The molecule has 1 saturated heterocycles. The second kappa shape index (κ2) is 14.7. The number of nitrogens with one attached hydrogen (secondary N) is 1. The predicted molar refractivity (Wildman–Crippen MR) is 147 cm³/mol. The Morgan fingerprint density at radius 1 is 1.06 bits per heavy atom. The van der Waals surface area contributed by atoms with Gasteiger partial charge in [-0.15, -0.1) is 11.3 Å². The van der Waals surface area contributed by atoms with Gasteiger partial charge in [0.2, 0.25) is 5.91 Å². The summed E-state index contributed by atoms with van der Waals surface area (Å²) in [6.07, 6.45) is 4.89. The molecule has 2 heterocycles. The molecule has 1 amide bonds. The van der Waals surface area contributed by atoms with E-state index in [1.165, 1.54) is 17.7 Å². The third-order valence-corrected chi connectivity index (χ3v) is 7.28. The Kier molecular flexibility index (Phi) is 11.3. The highest BCUT2D eigenvalue weighted by molar-refractivity contribution is 7.09. The number of anilines is 1. The van der Waals surface area contributed by atoms with Crippen molar-refractivity contribution in [2.24, 2.45) is 0 Å². The van der Waals surface area contributed by atoms with E-state index in [-0.39, 0.29) is 11.9 Å². The minimum absolute atomic E-state index is 0.186. The zero-order valence-electron chi connectivity index (χ0n) is 21.0. The lowest BCUT2D eigenvalue weighted by Crippen LogP contribution is -2.47. The minimum atomic E-state index is 0.186. The molecular weight excluding hydrogens is 454 g/mol. The van der Waals surface area contributed by atoms with Crippen LogP contribution in [0.1, 0.15) is 43.0 Å². The number of piperidine rings is 1. The van der Waals surface area contributed by atoms with Crippen LogP contribution in [-0.4, -0.2) is 48.6 Å². The van der Waals surface area contributed by atoms with Crippen molar-refractivity contribution >= 4 is 22.9 Å². The topological polar surface area (TPSA) is 55.8 Å². The van der Waals surface area contributed by atoms with E-state index < -0.39 is 0 Å². The lowest BCUT2D eigenvalue weighted by molar-refractivity contribution is -0.119. The smallest absolute Gasteiger partial charge is 0.226 e. The Morgan fingerprint density at radius 3 is 2.40 bits per heavy atom. The first-order chi connectivity index (χ1) is 17.1. The fourth-order valence-corrected chi connectivity index (χ4v) is 5.18. The summed E-state index contributed by atoms with van der Waals surface area (Å²) < 4.78 is 0. The van der Waals surface area contributed by atoms with Gasteiger partial charge in [-0.25, -0.2) is 0 Å². The molecule has 0 atom stereocenters. The molecule has 0 bridgehead atoms. The van der Waals surface area contributed by atoms with Crippen LogP contribution < -0.4 is 10.2 Å². The van der Waals surface area contributed by atoms with Gasteiger partial charge in [-0.1, -0.05) is 49.4 Å². The number of thiophene rings is 1. The van der Waals surface area contributed by atoms with E-state index in [4.69, 9.17) is 0 Å². The number of aromatic hydroxyl groups is 1. The van der Waals surface area contributed by atoms with E-state index >= 15 is 0 Å². The van der Waals surface area contributed by atoms with E-state index in [0.717, 1.165) is 50.3 Å². The maximum Gasteiger partial charge on any atom is 0.226 e. The predicted octanol–water partition coefficient (Wildman–Crippen LogP) is 5.70. The molecule has 0 unspecified atom stereocenters. The van der Waals surface area contributed by atoms with Crippen LogP contribution in [0.25, 0.3) is 0 Å². The third kappa shape index (κ3) is 8.49. The van der Waals surface area contributed by atoms with Crippen molar-refractivity contribution in [2.75, 3.05) is 31.6 Å².